The first-order valence-corrected chi connectivity index (χ1v) is 20.0. The molecule has 9 heteroatoms. The molecule has 52 heavy (non-hydrogen) atoms. The molecule has 0 spiro atoms. The third-order valence-electron chi connectivity index (χ3n) is 16.2. The number of nitrogens with zero attached hydrogens (tertiary/aromatic N) is 2. The van der Waals surface area contributed by atoms with Crippen molar-refractivity contribution < 1.29 is 29.0 Å². The fourth-order valence-corrected chi connectivity index (χ4v) is 13.2. The van der Waals surface area contributed by atoms with E-state index in [0.29, 0.717) is 24.7 Å². The van der Waals surface area contributed by atoms with Crippen molar-refractivity contribution in [3.05, 3.63) is 33.3 Å². The number of fused-ring (bicyclic) bond motifs is 7. The first-order chi connectivity index (χ1) is 24.0. The molecule has 8 atom stereocenters. The maximum Gasteiger partial charge on any atom is 0.309 e. The molecule has 0 unspecified atom stereocenters. The summed E-state index contributed by atoms with van der Waals surface area (Å²) in [6, 6.07) is 1.72. The number of carbonyl (C=O) groups excluding carboxylic acids is 3. The highest BCUT2D eigenvalue weighted by Gasteiger charge is 2.70. The van der Waals surface area contributed by atoms with Gasteiger partial charge in [-0.3, -0.25) is 28.7 Å². The molecule has 4 fully saturated rings. The molecule has 1 aromatic heterocycles. The Bertz CT molecular complexity index is 1780. The number of aliphatic carboxylic acids is 1. The van der Waals surface area contributed by atoms with Crippen molar-refractivity contribution >= 4 is 23.5 Å². The van der Waals surface area contributed by atoms with Crippen molar-refractivity contribution in [2.24, 2.45) is 57.8 Å². The van der Waals surface area contributed by atoms with Gasteiger partial charge < -0.3 is 9.84 Å². The highest BCUT2D eigenvalue weighted by atomic mass is 16.5. The van der Waals surface area contributed by atoms with Gasteiger partial charge in [-0.2, -0.15) is 0 Å². The smallest absolute Gasteiger partial charge is 0.309 e. The van der Waals surface area contributed by atoms with E-state index in [9.17, 15) is 29.1 Å². The molecule has 1 heterocycles. The molecular formula is C43H64N2O7. The predicted octanol–water partition coefficient (Wildman–Crippen LogP) is 7.81. The van der Waals surface area contributed by atoms with Crippen LogP contribution in [-0.4, -0.2) is 44.1 Å². The summed E-state index contributed by atoms with van der Waals surface area (Å²) in [6.07, 6.45) is 7.96. The SMILES string of the molecule is CCC(=O)Cn1c(=O)cc([C@@]23CC[C@]4(C)[C@H](CC[C@@H]5[C@@]6(C)CC[C@H](OC(=O)CC(C)(C)C(=O)O)C(C)(C)[C@@H]6CC[C@]54C)C2=C(C(C)C)C(=O)C3)n1C. The van der Waals surface area contributed by atoms with Gasteiger partial charge in [0.05, 0.1) is 17.5 Å². The molecule has 0 amide bonds. The van der Waals surface area contributed by atoms with Crippen LogP contribution in [0.2, 0.25) is 0 Å². The summed E-state index contributed by atoms with van der Waals surface area (Å²) in [7, 11) is 1.89. The van der Waals surface area contributed by atoms with Crippen LogP contribution in [0, 0.1) is 50.7 Å². The largest absolute Gasteiger partial charge is 0.481 e. The maximum absolute atomic E-state index is 14.2. The number of esters is 1. The van der Waals surface area contributed by atoms with Gasteiger partial charge >= 0.3 is 11.9 Å². The number of carboxylic acid groups (broad SMARTS) is 1. The second-order valence-corrected chi connectivity index (χ2v) is 19.8. The number of ketones is 2. The fourth-order valence-electron chi connectivity index (χ4n) is 13.2. The maximum atomic E-state index is 14.2. The number of aromatic nitrogens is 2. The third kappa shape index (κ3) is 5.39. The van der Waals surface area contributed by atoms with E-state index in [1.807, 2.05) is 18.7 Å². The van der Waals surface area contributed by atoms with Crippen molar-refractivity contribution in [1.82, 2.24) is 9.36 Å². The quantitative estimate of drug-likeness (QED) is 0.258. The Kier molecular flexibility index (Phi) is 9.35. The summed E-state index contributed by atoms with van der Waals surface area (Å²) in [5, 5.41) is 9.61. The molecule has 4 saturated carbocycles. The lowest BCUT2D eigenvalue weighted by atomic mass is 9.33. The number of carbonyl (C=O) groups is 4. The second-order valence-electron chi connectivity index (χ2n) is 19.8. The Labute approximate surface area is 310 Å². The zero-order valence-electron chi connectivity index (χ0n) is 33.7. The van der Waals surface area contributed by atoms with Gasteiger partial charge in [-0.15, -0.1) is 0 Å². The molecule has 5 aliphatic rings. The van der Waals surface area contributed by atoms with E-state index in [1.54, 1.807) is 24.6 Å². The normalized spacial score (nSPS) is 36.9. The highest BCUT2D eigenvalue weighted by Crippen LogP contribution is 2.76. The molecule has 9 nitrogen and oxygen atoms in total. The lowest BCUT2D eigenvalue weighted by molar-refractivity contribution is -0.232. The number of Topliss-reactive ketones (excluding diaryl/α,β-unsaturated/α-hetero) is 2. The molecule has 5 aliphatic carbocycles. The summed E-state index contributed by atoms with van der Waals surface area (Å²) in [5.74, 6) is -0.117. The van der Waals surface area contributed by atoms with Crippen molar-refractivity contribution in [2.75, 3.05) is 0 Å². The lowest BCUT2D eigenvalue weighted by Crippen LogP contribution is -2.66. The Balaban J connectivity index is 1.35. The van der Waals surface area contributed by atoms with E-state index in [1.165, 1.54) is 5.57 Å². The van der Waals surface area contributed by atoms with Crippen LogP contribution in [0.25, 0.3) is 0 Å². The molecule has 0 bridgehead atoms. The fraction of sp³-hybridized carbons (Fsp3) is 0.791. The summed E-state index contributed by atoms with van der Waals surface area (Å²) >= 11 is 0. The standard InChI is InChI=1S/C43H64N2O7/c1-12-26(46)24-45-33(48)21-31(44(45)11)43-20-19-41(9)27(36(43)35(25(2)3)28(47)22-43)13-14-30-40(8)17-16-32(52-34(49)23-38(4,5)37(50)51)39(6,7)29(40)15-18-42(30,41)10/h21,25,27,29-30,32H,12-20,22-24H2,1-11H3,(H,50,51)/t27-,29+,30-,32+,40+,41-,42-,43+/m1/s1. The molecule has 1 N–H and O–H groups in total. The first kappa shape index (κ1) is 38.7. The van der Waals surface area contributed by atoms with Gasteiger partial charge in [-0.1, -0.05) is 55.4 Å². The van der Waals surface area contributed by atoms with Gasteiger partial charge in [0.25, 0.3) is 5.56 Å². The molecule has 288 valence electrons. The Morgan fingerprint density at radius 1 is 0.942 bits per heavy atom. The van der Waals surface area contributed by atoms with E-state index in [0.717, 1.165) is 62.6 Å². The van der Waals surface area contributed by atoms with Gasteiger partial charge in [0.2, 0.25) is 0 Å². The Morgan fingerprint density at radius 2 is 1.62 bits per heavy atom. The minimum Gasteiger partial charge on any atom is -0.481 e. The van der Waals surface area contributed by atoms with Gasteiger partial charge in [-0.05, 0) is 116 Å². The Hall–Kier alpha value is -2.97. The van der Waals surface area contributed by atoms with Crippen LogP contribution in [0.5, 0.6) is 0 Å². The van der Waals surface area contributed by atoms with E-state index >= 15 is 0 Å². The van der Waals surface area contributed by atoms with Crippen LogP contribution < -0.4 is 5.56 Å². The molecular weight excluding hydrogens is 656 g/mol. The second kappa shape index (κ2) is 12.5. The average molecular weight is 721 g/mol. The van der Waals surface area contributed by atoms with Gasteiger partial charge in [0.15, 0.2) is 11.6 Å². The summed E-state index contributed by atoms with van der Waals surface area (Å²) in [5.41, 5.74) is 0.973. The zero-order chi connectivity index (χ0) is 38.6. The molecule has 0 saturated heterocycles. The molecule has 1 aromatic rings. The number of carboxylic acids is 1. The summed E-state index contributed by atoms with van der Waals surface area (Å²) in [6.45, 7) is 21.4. The molecule has 0 radical (unpaired) electrons. The van der Waals surface area contributed by atoms with Crippen molar-refractivity contribution in [2.45, 2.75) is 158 Å². The molecule has 0 aliphatic heterocycles. The topological polar surface area (TPSA) is 125 Å². The lowest BCUT2D eigenvalue weighted by Gasteiger charge is -2.72. The number of hydrogen-bond acceptors (Lipinski definition) is 6. The number of ether oxygens (including phenoxy) is 1. The van der Waals surface area contributed by atoms with Crippen LogP contribution in [0.1, 0.15) is 146 Å². The van der Waals surface area contributed by atoms with E-state index in [2.05, 4.69) is 48.5 Å². The Morgan fingerprint density at radius 3 is 2.23 bits per heavy atom. The van der Waals surface area contributed by atoms with E-state index < -0.39 is 22.8 Å². The van der Waals surface area contributed by atoms with Crippen LogP contribution in [0.15, 0.2) is 22.0 Å². The number of rotatable bonds is 9. The van der Waals surface area contributed by atoms with Crippen LogP contribution in [0.3, 0.4) is 0 Å². The summed E-state index contributed by atoms with van der Waals surface area (Å²) in [4.78, 5) is 65.0. The van der Waals surface area contributed by atoms with Gasteiger partial charge in [-0.25, -0.2) is 4.68 Å². The van der Waals surface area contributed by atoms with Crippen molar-refractivity contribution in [1.29, 1.82) is 0 Å². The minimum absolute atomic E-state index is 0.0116. The van der Waals surface area contributed by atoms with Gasteiger partial charge in [0, 0.05) is 36.8 Å². The van der Waals surface area contributed by atoms with Crippen molar-refractivity contribution in [3.8, 4) is 0 Å². The van der Waals surface area contributed by atoms with Crippen LogP contribution >= 0.6 is 0 Å². The first-order valence-electron chi connectivity index (χ1n) is 20.0. The number of hydrogen-bond donors (Lipinski definition) is 1. The minimum atomic E-state index is -1.18. The van der Waals surface area contributed by atoms with Gasteiger partial charge in [0.1, 0.15) is 12.6 Å². The molecule has 0 aromatic carbocycles. The summed E-state index contributed by atoms with van der Waals surface area (Å²) < 4.78 is 9.61. The van der Waals surface area contributed by atoms with Crippen LogP contribution in [0.4, 0.5) is 0 Å². The van der Waals surface area contributed by atoms with Crippen LogP contribution in [-0.2, 0) is 42.9 Å². The average Bonchev–Trinajstić information content (AvgIpc) is 3.51. The monoisotopic (exact) mass is 720 g/mol. The van der Waals surface area contributed by atoms with E-state index in [-0.39, 0.29) is 69.7 Å². The predicted molar refractivity (Wildman–Crippen MR) is 200 cm³/mol. The number of allylic oxidation sites excluding steroid dienone is 2. The molecule has 6 rings (SSSR count). The van der Waals surface area contributed by atoms with Crippen molar-refractivity contribution in [3.63, 3.8) is 0 Å². The van der Waals surface area contributed by atoms with E-state index in [4.69, 9.17) is 4.74 Å². The third-order valence-corrected chi connectivity index (χ3v) is 16.2. The highest BCUT2D eigenvalue weighted by molar-refractivity contribution is 6.01. The zero-order valence-corrected chi connectivity index (χ0v) is 33.7.